The van der Waals surface area contributed by atoms with Crippen molar-refractivity contribution < 1.29 is 13.2 Å². The zero-order valence-corrected chi connectivity index (χ0v) is 16.2. The molecule has 1 fully saturated rings. The first-order chi connectivity index (χ1) is 11.9. The van der Waals surface area contributed by atoms with Crippen LogP contribution in [0.4, 0.5) is 5.69 Å². The van der Waals surface area contributed by atoms with Gasteiger partial charge in [0.05, 0.1) is 10.6 Å². The standard InChI is InChI=1S/C18H19BrN2O3S/c1-13-8-10-14(11-9-13)25(23,24)21-12-4-7-17(21)18(22)20-16-6-3-2-5-15(16)19/h2-3,5-6,8-11,17H,4,7,12H2,1H3,(H,20,22)/t17-/m0/s1. The minimum Gasteiger partial charge on any atom is -0.324 e. The second kappa shape index (κ2) is 7.27. The van der Waals surface area contributed by atoms with Crippen LogP contribution in [0.3, 0.4) is 0 Å². The average molecular weight is 423 g/mol. The maximum Gasteiger partial charge on any atom is 0.243 e. The van der Waals surface area contributed by atoms with Gasteiger partial charge in [0.25, 0.3) is 0 Å². The molecule has 0 saturated carbocycles. The van der Waals surface area contributed by atoms with Crippen molar-refractivity contribution in [3.8, 4) is 0 Å². The fourth-order valence-corrected chi connectivity index (χ4v) is 4.95. The second-order valence-electron chi connectivity index (χ2n) is 6.06. The second-order valence-corrected chi connectivity index (χ2v) is 8.80. The maximum atomic E-state index is 12.9. The van der Waals surface area contributed by atoms with Gasteiger partial charge in [-0.15, -0.1) is 0 Å². The molecule has 1 aliphatic heterocycles. The summed E-state index contributed by atoms with van der Waals surface area (Å²) in [5.41, 5.74) is 1.62. The lowest BCUT2D eigenvalue weighted by Crippen LogP contribution is -2.43. The van der Waals surface area contributed by atoms with Crippen LogP contribution in [-0.4, -0.2) is 31.2 Å². The number of aryl methyl sites for hydroxylation is 1. The van der Waals surface area contributed by atoms with E-state index in [9.17, 15) is 13.2 Å². The van der Waals surface area contributed by atoms with Crippen molar-refractivity contribution in [2.45, 2.75) is 30.7 Å². The molecule has 1 N–H and O–H groups in total. The number of halogens is 1. The van der Waals surface area contributed by atoms with Gasteiger partial charge in [-0.05, 0) is 60.0 Å². The molecule has 1 amide bonds. The van der Waals surface area contributed by atoms with Crippen LogP contribution in [-0.2, 0) is 14.8 Å². The molecule has 1 aliphatic rings. The van der Waals surface area contributed by atoms with E-state index in [0.717, 1.165) is 10.0 Å². The summed E-state index contributed by atoms with van der Waals surface area (Å²) < 4.78 is 27.9. The fraction of sp³-hybridized carbons (Fsp3) is 0.278. The third kappa shape index (κ3) is 3.78. The van der Waals surface area contributed by atoms with Crippen LogP contribution in [0.5, 0.6) is 0 Å². The largest absolute Gasteiger partial charge is 0.324 e. The van der Waals surface area contributed by atoms with Crippen molar-refractivity contribution in [3.63, 3.8) is 0 Å². The van der Waals surface area contributed by atoms with E-state index in [1.807, 2.05) is 25.1 Å². The van der Waals surface area contributed by atoms with Crippen molar-refractivity contribution in [1.82, 2.24) is 4.31 Å². The highest BCUT2D eigenvalue weighted by molar-refractivity contribution is 9.10. The predicted octanol–water partition coefficient (Wildman–Crippen LogP) is 3.55. The summed E-state index contributed by atoms with van der Waals surface area (Å²) in [7, 11) is -3.69. The summed E-state index contributed by atoms with van der Waals surface area (Å²) >= 11 is 3.38. The Hall–Kier alpha value is -1.70. The first kappa shape index (κ1) is 18.1. The van der Waals surface area contributed by atoms with E-state index in [0.29, 0.717) is 25.1 Å². The smallest absolute Gasteiger partial charge is 0.243 e. The van der Waals surface area contributed by atoms with Gasteiger partial charge in [-0.2, -0.15) is 4.31 Å². The van der Waals surface area contributed by atoms with E-state index < -0.39 is 16.1 Å². The molecule has 25 heavy (non-hydrogen) atoms. The molecule has 1 heterocycles. The maximum absolute atomic E-state index is 12.9. The summed E-state index contributed by atoms with van der Waals surface area (Å²) in [6, 6.07) is 13.3. The number of amides is 1. The van der Waals surface area contributed by atoms with Gasteiger partial charge < -0.3 is 5.32 Å². The Balaban J connectivity index is 1.83. The van der Waals surface area contributed by atoms with Gasteiger partial charge in [0, 0.05) is 11.0 Å². The molecule has 0 bridgehead atoms. The number of benzene rings is 2. The lowest BCUT2D eigenvalue weighted by atomic mass is 10.2. The number of nitrogens with one attached hydrogen (secondary N) is 1. The topological polar surface area (TPSA) is 66.5 Å². The predicted molar refractivity (Wildman–Crippen MR) is 101 cm³/mol. The molecule has 0 aromatic heterocycles. The highest BCUT2D eigenvalue weighted by Crippen LogP contribution is 2.28. The number of sulfonamides is 1. The van der Waals surface area contributed by atoms with Crippen LogP contribution in [0.1, 0.15) is 18.4 Å². The zero-order chi connectivity index (χ0) is 18.0. The summed E-state index contributed by atoms with van der Waals surface area (Å²) in [5.74, 6) is -0.305. The molecular formula is C18H19BrN2O3S. The molecule has 2 aromatic carbocycles. The summed E-state index contributed by atoms with van der Waals surface area (Å²) in [6.45, 7) is 2.25. The number of anilines is 1. The number of carbonyl (C=O) groups excluding carboxylic acids is 1. The minimum absolute atomic E-state index is 0.221. The monoisotopic (exact) mass is 422 g/mol. The Kier molecular flexibility index (Phi) is 5.27. The number of carbonyl (C=O) groups is 1. The molecule has 1 saturated heterocycles. The average Bonchev–Trinajstić information content (AvgIpc) is 3.08. The number of para-hydroxylation sites is 1. The van der Waals surface area contributed by atoms with E-state index in [-0.39, 0.29) is 10.8 Å². The van der Waals surface area contributed by atoms with Gasteiger partial charge in [-0.25, -0.2) is 8.42 Å². The highest BCUT2D eigenvalue weighted by atomic mass is 79.9. The van der Waals surface area contributed by atoms with Crippen molar-refractivity contribution in [2.75, 3.05) is 11.9 Å². The Labute approximate surface area is 156 Å². The molecule has 5 nitrogen and oxygen atoms in total. The Bertz CT molecular complexity index is 881. The summed E-state index contributed by atoms with van der Waals surface area (Å²) in [4.78, 5) is 12.9. The quantitative estimate of drug-likeness (QED) is 0.818. The molecule has 1 atom stereocenters. The van der Waals surface area contributed by atoms with Crippen LogP contribution in [0.25, 0.3) is 0 Å². The van der Waals surface area contributed by atoms with E-state index in [4.69, 9.17) is 0 Å². The molecule has 0 spiro atoms. The van der Waals surface area contributed by atoms with E-state index >= 15 is 0 Å². The zero-order valence-electron chi connectivity index (χ0n) is 13.8. The molecule has 3 rings (SSSR count). The van der Waals surface area contributed by atoms with Gasteiger partial charge >= 0.3 is 0 Å². The van der Waals surface area contributed by atoms with Gasteiger partial charge in [-0.3, -0.25) is 4.79 Å². The number of hydrogen-bond donors (Lipinski definition) is 1. The number of hydrogen-bond acceptors (Lipinski definition) is 3. The molecule has 132 valence electrons. The van der Waals surface area contributed by atoms with Crippen molar-refractivity contribution in [2.24, 2.45) is 0 Å². The normalized spacial score (nSPS) is 18.2. The first-order valence-corrected chi connectivity index (χ1v) is 10.3. The van der Waals surface area contributed by atoms with Crippen LogP contribution in [0.2, 0.25) is 0 Å². The van der Waals surface area contributed by atoms with Gasteiger partial charge in [0.1, 0.15) is 6.04 Å². The SMILES string of the molecule is Cc1ccc(S(=O)(=O)N2CCC[C@H]2C(=O)Nc2ccccc2Br)cc1. The van der Waals surface area contributed by atoms with Gasteiger partial charge in [0.2, 0.25) is 15.9 Å². The van der Waals surface area contributed by atoms with Crippen molar-refractivity contribution >= 4 is 37.5 Å². The third-order valence-corrected chi connectivity index (χ3v) is 6.88. The first-order valence-electron chi connectivity index (χ1n) is 8.03. The summed E-state index contributed by atoms with van der Waals surface area (Å²) in [6.07, 6.45) is 1.18. The summed E-state index contributed by atoms with van der Waals surface area (Å²) in [5, 5.41) is 2.82. The van der Waals surface area contributed by atoms with Crippen LogP contribution in [0, 0.1) is 6.92 Å². The molecule has 0 aliphatic carbocycles. The number of rotatable bonds is 4. The van der Waals surface area contributed by atoms with E-state index in [1.165, 1.54) is 4.31 Å². The minimum atomic E-state index is -3.69. The number of nitrogens with zero attached hydrogens (tertiary/aromatic N) is 1. The lowest BCUT2D eigenvalue weighted by molar-refractivity contribution is -0.119. The van der Waals surface area contributed by atoms with E-state index in [2.05, 4.69) is 21.2 Å². The molecule has 7 heteroatoms. The van der Waals surface area contributed by atoms with E-state index in [1.54, 1.807) is 30.3 Å². The molecule has 0 radical (unpaired) electrons. The van der Waals surface area contributed by atoms with Crippen molar-refractivity contribution in [3.05, 3.63) is 58.6 Å². The van der Waals surface area contributed by atoms with Crippen LogP contribution in [0.15, 0.2) is 57.9 Å². The fourth-order valence-electron chi connectivity index (χ4n) is 2.91. The van der Waals surface area contributed by atoms with Gasteiger partial charge in [-0.1, -0.05) is 29.8 Å². The lowest BCUT2D eigenvalue weighted by Gasteiger charge is -2.23. The van der Waals surface area contributed by atoms with Crippen LogP contribution < -0.4 is 5.32 Å². The Morgan fingerprint density at radius 2 is 1.84 bits per heavy atom. The Morgan fingerprint density at radius 1 is 1.16 bits per heavy atom. The highest BCUT2D eigenvalue weighted by Gasteiger charge is 2.39. The molecule has 0 unspecified atom stereocenters. The Morgan fingerprint density at radius 3 is 2.52 bits per heavy atom. The van der Waals surface area contributed by atoms with Crippen molar-refractivity contribution in [1.29, 1.82) is 0 Å². The molecule has 2 aromatic rings. The van der Waals surface area contributed by atoms with Gasteiger partial charge in [0.15, 0.2) is 0 Å². The van der Waals surface area contributed by atoms with Crippen LogP contribution >= 0.6 is 15.9 Å². The molecular weight excluding hydrogens is 404 g/mol. The third-order valence-electron chi connectivity index (χ3n) is 4.27.